The van der Waals surface area contributed by atoms with Crippen LogP contribution < -0.4 is 5.32 Å². The maximum Gasteiger partial charge on any atom is 0.317 e. The summed E-state index contributed by atoms with van der Waals surface area (Å²) < 4.78 is 37.6. The van der Waals surface area contributed by atoms with Gasteiger partial charge in [-0.25, -0.2) is 13.2 Å². The minimum Gasteiger partial charge on any atom is -0.467 e. The maximum atomic E-state index is 12.8. The molecule has 1 atom stereocenters. The lowest BCUT2D eigenvalue weighted by Gasteiger charge is -2.36. The average Bonchev–Trinajstić information content (AvgIpc) is 3.05. The van der Waals surface area contributed by atoms with Gasteiger partial charge in [0.1, 0.15) is 5.76 Å². The summed E-state index contributed by atoms with van der Waals surface area (Å²) >= 11 is 0. The second-order valence-electron chi connectivity index (χ2n) is 6.45. The van der Waals surface area contributed by atoms with E-state index in [1.807, 2.05) is 13.0 Å². The van der Waals surface area contributed by atoms with E-state index in [1.165, 1.54) is 4.31 Å². The van der Waals surface area contributed by atoms with Crippen LogP contribution in [0.25, 0.3) is 0 Å². The fraction of sp³-hybridized carbons (Fsp3) is 0.688. The van der Waals surface area contributed by atoms with Gasteiger partial charge in [0.25, 0.3) is 0 Å². The summed E-state index contributed by atoms with van der Waals surface area (Å²) in [7, 11) is -3.40. The molecule has 8 nitrogen and oxygen atoms in total. The molecule has 2 fully saturated rings. The number of carbonyl (C=O) groups excluding carboxylic acids is 1. The molecule has 140 valence electrons. The van der Waals surface area contributed by atoms with E-state index in [0.717, 1.165) is 5.56 Å². The first-order valence-corrected chi connectivity index (χ1v) is 10.1. The Hall–Kier alpha value is -1.58. The van der Waals surface area contributed by atoms with E-state index in [2.05, 4.69) is 5.32 Å². The molecule has 1 aromatic rings. The number of hydrogen-bond acceptors (Lipinski definition) is 5. The molecular formula is C16H25N3O5S. The molecule has 2 aliphatic rings. The lowest BCUT2D eigenvalue weighted by Crippen LogP contribution is -2.53. The lowest BCUT2D eigenvalue weighted by molar-refractivity contribution is 0.0721. The molecule has 2 saturated heterocycles. The third-order valence-electron chi connectivity index (χ3n) is 4.78. The van der Waals surface area contributed by atoms with Crippen molar-refractivity contribution in [2.24, 2.45) is 0 Å². The third-order valence-corrected chi connectivity index (χ3v) is 7.10. The number of sulfonamides is 1. The molecule has 0 radical (unpaired) electrons. The zero-order valence-corrected chi connectivity index (χ0v) is 15.3. The van der Waals surface area contributed by atoms with Gasteiger partial charge in [0, 0.05) is 26.2 Å². The fourth-order valence-electron chi connectivity index (χ4n) is 3.23. The van der Waals surface area contributed by atoms with Crippen LogP contribution in [0.3, 0.4) is 0 Å². The molecule has 2 amide bonds. The zero-order chi connectivity index (χ0) is 17.9. The average molecular weight is 371 g/mol. The van der Waals surface area contributed by atoms with Crippen LogP contribution in [0.1, 0.15) is 24.2 Å². The maximum absolute atomic E-state index is 12.8. The first-order chi connectivity index (χ1) is 12.0. The van der Waals surface area contributed by atoms with Crippen LogP contribution in [0.15, 0.2) is 16.7 Å². The van der Waals surface area contributed by atoms with Crippen molar-refractivity contribution >= 4 is 16.1 Å². The van der Waals surface area contributed by atoms with Gasteiger partial charge in [-0.15, -0.1) is 0 Å². The third kappa shape index (κ3) is 4.16. The molecule has 1 N–H and O–H groups in total. The van der Waals surface area contributed by atoms with Crippen LogP contribution in [0.2, 0.25) is 0 Å². The second kappa shape index (κ2) is 7.76. The van der Waals surface area contributed by atoms with Crippen LogP contribution >= 0.6 is 0 Å². The van der Waals surface area contributed by atoms with Crippen molar-refractivity contribution in [3.05, 3.63) is 23.7 Å². The number of amides is 2. The number of carbonyl (C=O) groups is 1. The van der Waals surface area contributed by atoms with E-state index in [1.54, 1.807) is 11.2 Å². The SMILES string of the molecule is Cc1ccoc1CNC(=O)N1CCCC(S(=O)(=O)N2CCOCC2)C1. The Morgan fingerprint density at radius 1 is 1.32 bits per heavy atom. The van der Waals surface area contributed by atoms with Gasteiger partial charge in [-0.05, 0) is 31.4 Å². The van der Waals surface area contributed by atoms with Gasteiger partial charge in [0.05, 0.1) is 31.3 Å². The Morgan fingerprint density at radius 2 is 2.08 bits per heavy atom. The molecule has 2 aliphatic heterocycles. The Morgan fingerprint density at radius 3 is 2.76 bits per heavy atom. The highest BCUT2D eigenvalue weighted by Gasteiger charge is 2.37. The smallest absolute Gasteiger partial charge is 0.317 e. The van der Waals surface area contributed by atoms with Crippen molar-refractivity contribution in [1.29, 1.82) is 0 Å². The van der Waals surface area contributed by atoms with Gasteiger partial charge in [-0.2, -0.15) is 4.31 Å². The van der Waals surface area contributed by atoms with Crippen LogP contribution in [-0.2, 0) is 21.3 Å². The van der Waals surface area contributed by atoms with Crippen molar-refractivity contribution in [2.45, 2.75) is 31.6 Å². The molecular weight excluding hydrogens is 346 g/mol. The second-order valence-corrected chi connectivity index (χ2v) is 8.67. The summed E-state index contributed by atoms with van der Waals surface area (Å²) in [5, 5.41) is 2.27. The zero-order valence-electron chi connectivity index (χ0n) is 14.4. The van der Waals surface area contributed by atoms with E-state index in [9.17, 15) is 13.2 Å². The molecule has 1 unspecified atom stereocenters. The number of urea groups is 1. The van der Waals surface area contributed by atoms with E-state index < -0.39 is 15.3 Å². The lowest BCUT2D eigenvalue weighted by atomic mass is 10.1. The molecule has 0 aliphatic carbocycles. The quantitative estimate of drug-likeness (QED) is 0.850. The molecule has 0 spiro atoms. The van der Waals surface area contributed by atoms with E-state index >= 15 is 0 Å². The van der Waals surface area contributed by atoms with Crippen molar-refractivity contribution in [2.75, 3.05) is 39.4 Å². The molecule has 25 heavy (non-hydrogen) atoms. The fourth-order valence-corrected chi connectivity index (χ4v) is 5.14. The summed E-state index contributed by atoms with van der Waals surface area (Å²) in [6.45, 7) is 4.65. The summed E-state index contributed by atoms with van der Waals surface area (Å²) in [4.78, 5) is 14.0. The van der Waals surface area contributed by atoms with Crippen molar-refractivity contribution in [1.82, 2.24) is 14.5 Å². The molecule has 3 heterocycles. The molecule has 0 bridgehead atoms. The van der Waals surface area contributed by atoms with Crippen LogP contribution in [-0.4, -0.2) is 68.3 Å². The number of nitrogens with zero attached hydrogens (tertiary/aromatic N) is 2. The highest BCUT2D eigenvalue weighted by atomic mass is 32.2. The summed E-state index contributed by atoms with van der Waals surface area (Å²) in [5.74, 6) is 0.711. The Balaban J connectivity index is 1.58. The van der Waals surface area contributed by atoms with Gasteiger partial charge >= 0.3 is 6.03 Å². The van der Waals surface area contributed by atoms with E-state index in [-0.39, 0.29) is 12.6 Å². The normalized spacial score (nSPS) is 22.8. The summed E-state index contributed by atoms with van der Waals surface area (Å²) in [6, 6.07) is 1.59. The van der Waals surface area contributed by atoms with Gasteiger partial charge in [0.15, 0.2) is 0 Å². The summed E-state index contributed by atoms with van der Waals surface area (Å²) in [5.41, 5.74) is 0.978. The number of hydrogen-bond donors (Lipinski definition) is 1. The first-order valence-electron chi connectivity index (χ1n) is 8.61. The standard InChI is InChI=1S/C16H25N3O5S/c1-13-4-8-24-15(13)11-17-16(20)18-5-2-3-14(12-18)25(21,22)19-6-9-23-10-7-19/h4,8,14H,2-3,5-7,9-12H2,1H3,(H,17,20). The number of aryl methyl sites for hydroxylation is 1. The number of furan rings is 1. The summed E-state index contributed by atoms with van der Waals surface area (Å²) in [6.07, 6.45) is 2.85. The number of likely N-dealkylation sites (tertiary alicyclic amines) is 1. The van der Waals surface area contributed by atoms with Crippen molar-refractivity contribution in [3.63, 3.8) is 0 Å². The van der Waals surface area contributed by atoms with E-state index in [4.69, 9.17) is 9.15 Å². The number of ether oxygens (including phenoxy) is 1. The van der Waals surface area contributed by atoms with E-state index in [0.29, 0.717) is 58.0 Å². The minimum absolute atomic E-state index is 0.225. The van der Waals surface area contributed by atoms with Crippen LogP contribution in [0.5, 0.6) is 0 Å². The van der Waals surface area contributed by atoms with Gasteiger partial charge in [0.2, 0.25) is 10.0 Å². The van der Waals surface area contributed by atoms with Crippen molar-refractivity contribution in [3.8, 4) is 0 Å². The van der Waals surface area contributed by atoms with Gasteiger partial charge in [-0.1, -0.05) is 0 Å². The Bertz CT molecular complexity index is 696. The highest BCUT2D eigenvalue weighted by Crippen LogP contribution is 2.21. The Kier molecular flexibility index (Phi) is 5.65. The molecule has 3 rings (SSSR count). The predicted octanol–water partition coefficient (Wildman–Crippen LogP) is 0.924. The number of morpholine rings is 1. The molecule has 0 saturated carbocycles. The molecule has 0 aromatic carbocycles. The Labute approximate surface area is 148 Å². The number of nitrogens with one attached hydrogen (secondary N) is 1. The molecule has 1 aromatic heterocycles. The minimum atomic E-state index is -3.40. The van der Waals surface area contributed by atoms with Gasteiger partial charge < -0.3 is 19.4 Å². The number of rotatable bonds is 4. The van der Waals surface area contributed by atoms with Gasteiger partial charge in [-0.3, -0.25) is 0 Å². The monoisotopic (exact) mass is 371 g/mol. The van der Waals surface area contributed by atoms with Crippen LogP contribution in [0.4, 0.5) is 4.79 Å². The predicted molar refractivity (Wildman–Crippen MR) is 91.6 cm³/mol. The molecule has 9 heteroatoms. The topological polar surface area (TPSA) is 92.1 Å². The number of piperidine rings is 1. The highest BCUT2D eigenvalue weighted by molar-refractivity contribution is 7.89. The van der Waals surface area contributed by atoms with Crippen LogP contribution in [0, 0.1) is 6.92 Å². The first kappa shape index (κ1) is 18.2. The van der Waals surface area contributed by atoms with Crippen molar-refractivity contribution < 1.29 is 22.4 Å². The largest absolute Gasteiger partial charge is 0.467 e.